The van der Waals surface area contributed by atoms with E-state index >= 15 is 0 Å². The largest absolute Gasteiger partial charge is 0.471 e. The zero-order valence-corrected chi connectivity index (χ0v) is 19.4. The molecule has 37 heavy (non-hydrogen) atoms. The van der Waals surface area contributed by atoms with Crippen molar-refractivity contribution in [3.63, 3.8) is 0 Å². The maximum absolute atomic E-state index is 13.5. The summed E-state index contributed by atoms with van der Waals surface area (Å²) in [7, 11) is 1.25. The molecule has 5 rings (SSSR count). The highest BCUT2D eigenvalue weighted by molar-refractivity contribution is 6.23. The van der Waals surface area contributed by atoms with E-state index < -0.39 is 75.9 Å². The molecule has 5 atom stereocenters. The van der Waals surface area contributed by atoms with Gasteiger partial charge in [-0.1, -0.05) is 0 Å². The zero-order chi connectivity index (χ0) is 27.3. The molecule has 3 saturated heterocycles. The molecule has 0 saturated carbocycles. The normalized spacial score (nSPS) is 31.1. The van der Waals surface area contributed by atoms with Crippen LogP contribution in [0.4, 0.5) is 32.0 Å². The van der Waals surface area contributed by atoms with E-state index in [2.05, 4.69) is 5.10 Å². The number of alkyl halides is 6. The number of halogens is 6. The number of ether oxygens (including phenoxy) is 2. The summed E-state index contributed by atoms with van der Waals surface area (Å²) >= 11 is 0. The molecule has 0 N–H and O–H groups in total. The van der Waals surface area contributed by atoms with Gasteiger partial charge in [0.15, 0.2) is 0 Å². The number of benzene rings is 1. The Hall–Kier alpha value is -3.60. The first kappa shape index (κ1) is 25.1. The highest BCUT2D eigenvalue weighted by Gasteiger charge is 2.77. The minimum atomic E-state index is -4.92. The van der Waals surface area contributed by atoms with Gasteiger partial charge in [0.1, 0.15) is 17.3 Å². The predicted molar refractivity (Wildman–Crippen MR) is 111 cm³/mol. The third-order valence-electron chi connectivity index (χ3n) is 7.40. The fourth-order valence-corrected chi connectivity index (χ4v) is 5.81. The number of aromatic nitrogens is 2. The predicted octanol–water partition coefficient (Wildman–Crippen LogP) is 3.83. The van der Waals surface area contributed by atoms with E-state index in [4.69, 9.17) is 14.7 Å². The van der Waals surface area contributed by atoms with Gasteiger partial charge >= 0.3 is 12.4 Å². The topological polar surface area (TPSA) is 97.4 Å². The molecule has 4 heterocycles. The minimum absolute atomic E-state index is 0.0544. The third-order valence-corrected chi connectivity index (χ3v) is 7.40. The number of fused-ring (bicyclic) bond motifs is 5. The lowest BCUT2D eigenvalue weighted by Crippen LogP contribution is -2.51. The van der Waals surface area contributed by atoms with Crippen LogP contribution in [0.3, 0.4) is 0 Å². The fourth-order valence-electron chi connectivity index (χ4n) is 5.81. The Morgan fingerprint density at radius 3 is 2.30 bits per heavy atom. The van der Waals surface area contributed by atoms with E-state index in [0.717, 1.165) is 16.8 Å². The number of hydrogen-bond acceptors (Lipinski definition) is 6. The number of hydrogen-bond donors (Lipinski definition) is 0. The van der Waals surface area contributed by atoms with Gasteiger partial charge in [-0.3, -0.25) is 9.59 Å². The number of nitriles is 1. The van der Waals surface area contributed by atoms with Crippen molar-refractivity contribution in [2.75, 3.05) is 4.90 Å². The van der Waals surface area contributed by atoms with Gasteiger partial charge in [0.25, 0.3) is 0 Å². The lowest BCUT2D eigenvalue weighted by molar-refractivity contribution is -0.142. The number of imide groups is 1. The molecule has 0 radical (unpaired) electrons. The average Bonchev–Trinajstić information content (AvgIpc) is 3.44. The van der Waals surface area contributed by atoms with Gasteiger partial charge < -0.3 is 9.47 Å². The molecule has 2 bridgehead atoms. The van der Waals surface area contributed by atoms with Crippen LogP contribution in [-0.2, 0) is 33.7 Å². The molecule has 2 amide bonds. The van der Waals surface area contributed by atoms with Crippen molar-refractivity contribution in [2.45, 2.75) is 49.9 Å². The van der Waals surface area contributed by atoms with Crippen LogP contribution >= 0.6 is 0 Å². The Bertz CT molecular complexity index is 1380. The highest BCUT2D eigenvalue weighted by atomic mass is 19.4. The third kappa shape index (κ3) is 3.43. The number of nitrogens with zero attached hydrogens (tertiary/aromatic N) is 4. The van der Waals surface area contributed by atoms with Crippen LogP contribution < -0.4 is 9.64 Å². The van der Waals surface area contributed by atoms with Crippen molar-refractivity contribution < 1.29 is 45.4 Å². The Balaban J connectivity index is 1.52. The van der Waals surface area contributed by atoms with E-state index in [-0.39, 0.29) is 12.1 Å². The van der Waals surface area contributed by atoms with Gasteiger partial charge in [-0.25, -0.2) is 9.58 Å². The van der Waals surface area contributed by atoms with Crippen LogP contribution in [0.15, 0.2) is 24.4 Å². The first-order chi connectivity index (χ1) is 17.0. The van der Waals surface area contributed by atoms with Crippen molar-refractivity contribution >= 4 is 17.5 Å². The number of anilines is 1. The second kappa shape index (κ2) is 7.47. The van der Waals surface area contributed by atoms with Crippen molar-refractivity contribution in [3.05, 3.63) is 41.1 Å². The van der Waals surface area contributed by atoms with E-state index in [1.165, 1.54) is 27.0 Å². The summed E-state index contributed by atoms with van der Waals surface area (Å²) in [5, 5.41) is 12.6. The molecule has 1 aromatic carbocycles. The summed E-state index contributed by atoms with van der Waals surface area (Å²) in [5.41, 5.74) is -6.38. The molecule has 8 nitrogen and oxygen atoms in total. The van der Waals surface area contributed by atoms with Crippen LogP contribution in [0.25, 0.3) is 0 Å². The molecular weight excluding hydrogens is 510 g/mol. The molecule has 0 spiro atoms. The minimum Gasteiger partial charge on any atom is -0.471 e. The average molecular weight is 528 g/mol. The Morgan fingerprint density at radius 1 is 1.08 bits per heavy atom. The van der Waals surface area contributed by atoms with Crippen molar-refractivity contribution in [1.82, 2.24) is 9.78 Å². The maximum Gasteiger partial charge on any atom is 0.423 e. The Morgan fingerprint density at radius 2 is 1.70 bits per heavy atom. The maximum atomic E-state index is 13.5. The van der Waals surface area contributed by atoms with Crippen LogP contribution in [0.5, 0.6) is 5.88 Å². The summed E-state index contributed by atoms with van der Waals surface area (Å²) in [6.45, 7) is 2.95. The Labute approximate surface area is 205 Å². The highest BCUT2D eigenvalue weighted by Crippen LogP contribution is 2.62. The molecule has 196 valence electrons. The van der Waals surface area contributed by atoms with Gasteiger partial charge in [0, 0.05) is 13.5 Å². The lowest BCUT2D eigenvalue weighted by Gasteiger charge is -2.35. The number of aryl methyl sites for hydroxylation is 1. The van der Waals surface area contributed by atoms with Gasteiger partial charge in [-0.05, 0) is 32.0 Å². The number of carbonyl (C=O) groups excluding carboxylic acids is 2. The van der Waals surface area contributed by atoms with Crippen molar-refractivity contribution in [2.24, 2.45) is 18.9 Å². The molecule has 1 aromatic heterocycles. The van der Waals surface area contributed by atoms with E-state index in [0.29, 0.717) is 17.2 Å². The van der Waals surface area contributed by atoms with Gasteiger partial charge in [0.05, 0.1) is 46.5 Å². The monoisotopic (exact) mass is 528 g/mol. The first-order valence-electron chi connectivity index (χ1n) is 11.0. The number of rotatable bonds is 3. The van der Waals surface area contributed by atoms with E-state index in [9.17, 15) is 35.9 Å². The number of amides is 2. The van der Waals surface area contributed by atoms with Crippen LogP contribution in [0.2, 0.25) is 0 Å². The zero-order valence-electron chi connectivity index (χ0n) is 19.4. The summed E-state index contributed by atoms with van der Waals surface area (Å²) in [5.74, 6) is -4.58. The fraction of sp³-hybridized carbons (Fsp3) is 0.478. The van der Waals surface area contributed by atoms with Crippen LogP contribution in [0.1, 0.15) is 37.0 Å². The molecule has 2 aromatic rings. The standard InChI is InChI=1S/C23H18F6N4O4/c1-20-7-14(36-19-13(23(27,28)29)9-31-32(19)3)21(2,37-20)16-15(20)17(34)33(18(16)35)11-5-4-10(8-30)12(6-11)22(24,25)26/h4-6,9,14-16H,7H2,1-3H3/t14-,15-,16+,20?,21?/m1/s1. The number of carbonyl (C=O) groups is 2. The van der Waals surface area contributed by atoms with Gasteiger partial charge in [-0.15, -0.1) is 0 Å². The lowest BCUT2D eigenvalue weighted by atomic mass is 9.67. The molecular formula is C23H18F6N4O4. The van der Waals surface area contributed by atoms with Crippen molar-refractivity contribution in [3.8, 4) is 11.9 Å². The summed E-state index contributed by atoms with van der Waals surface area (Å²) in [4.78, 5) is 27.5. The molecule has 14 heteroatoms. The summed E-state index contributed by atoms with van der Waals surface area (Å²) in [6.07, 6.45) is -10.2. The van der Waals surface area contributed by atoms with Gasteiger partial charge in [0.2, 0.25) is 17.7 Å². The van der Waals surface area contributed by atoms with Crippen LogP contribution in [0, 0.1) is 23.2 Å². The van der Waals surface area contributed by atoms with Crippen molar-refractivity contribution in [1.29, 1.82) is 5.26 Å². The summed E-state index contributed by atoms with van der Waals surface area (Å²) < 4.78 is 93.6. The van der Waals surface area contributed by atoms with E-state index in [1.54, 1.807) is 0 Å². The van der Waals surface area contributed by atoms with Gasteiger partial charge in [-0.2, -0.15) is 36.7 Å². The SMILES string of the molecule is Cn1ncc(C(F)(F)F)c1O[C@@H]1CC2(C)OC1(C)[C@@H]1C(=O)N(c3ccc(C#N)c(C(F)(F)F)c3)C(=O)[C@@H]12. The second-order valence-electron chi connectivity index (χ2n) is 9.70. The molecule has 3 aliphatic rings. The molecule has 0 aliphatic carbocycles. The molecule has 2 unspecified atom stereocenters. The smallest absolute Gasteiger partial charge is 0.423 e. The van der Waals surface area contributed by atoms with Crippen LogP contribution in [-0.4, -0.2) is 38.9 Å². The van der Waals surface area contributed by atoms with E-state index in [1.807, 2.05) is 0 Å². The first-order valence-corrected chi connectivity index (χ1v) is 11.0. The second-order valence-corrected chi connectivity index (χ2v) is 9.70. The summed E-state index contributed by atoms with van der Waals surface area (Å²) in [6, 6.07) is 3.93. The molecule has 3 aliphatic heterocycles. The quantitative estimate of drug-likeness (QED) is 0.444. The molecule has 3 fully saturated rings. The Kier molecular flexibility index (Phi) is 5.06.